The number of rotatable bonds is 8. The number of amides is 1. The van der Waals surface area contributed by atoms with Crippen LogP contribution in [0.4, 0.5) is 20.8 Å². The topological polar surface area (TPSA) is 80.9 Å². The fourth-order valence-electron chi connectivity index (χ4n) is 2.28. The van der Waals surface area contributed by atoms with Crippen molar-refractivity contribution in [3.05, 3.63) is 42.5 Å². The molecule has 0 saturated carbocycles. The van der Waals surface area contributed by atoms with E-state index in [4.69, 9.17) is 4.74 Å². The van der Waals surface area contributed by atoms with Gasteiger partial charge in [0.2, 0.25) is 5.95 Å². The normalized spacial score (nSPS) is 11.7. The molecule has 1 amide bonds. The standard InChI is InChI=1S/C19H26FN5O2/c1-19(2,3)27-18(26)22-11-5-4-6-13-25-14-12-21-17(25)24-23-16-9-7-15(20)8-10-16/h7-10,12,14H,4-6,11,13H2,1-3H3,(H,22,26)/b24-23+. The summed E-state index contributed by atoms with van der Waals surface area (Å²) < 4.78 is 20.0. The van der Waals surface area contributed by atoms with Gasteiger partial charge in [-0.2, -0.15) is 0 Å². The number of nitrogens with one attached hydrogen (secondary N) is 1. The number of aryl methyl sites for hydroxylation is 1. The van der Waals surface area contributed by atoms with Gasteiger partial charge in [-0.25, -0.2) is 14.2 Å². The van der Waals surface area contributed by atoms with Gasteiger partial charge in [-0.05, 0) is 64.3 Å². The van der Waals surface area contributed by atoms with E-state index in [1.165, 1.54) is 12.1 Å². The van der Waals surface area contributed by atoms with Crippen molar-refractivity contribution in [3.8, 4) is 0 Å². The predicted octanol–water partition coefficient (Wildman–Crippen LogP) is 5.13. The SMILES string of the molecule is CC(C)(C)OC(=O)NCCCCCn1ccnc1/N=N/c1ccc(F)cc1. The third-order valence-corrected chi connectivity index (χ3v) is 3.52. The van der Waals surface area contributed by atoms with Gasteiger partial charge in [0.15, 0.2) is 0 Å². The number of imidazole rings is 1. The highest BCUT2D eigenvalue weighted by Gasteiger charge is 2.15. The molecule has 27 heavy (non-hydrogen) atoms. The van der Waals surface area contributed by atoms with Crippen molar-refractivity contribution in [3.63, 3.8) is 0 Å². The molecule has 0 bridgehead atoms. The maximum Gasteiger partial charge on any atom is 0.407 e. The molecule has 2 aromatic rings. The van der Waals surface area contributed by atoms with Crippen molar-refractivity contribution in [1.29, 1.82) is 0 Å². The molecule has 1 aromatic carbocycles. The van der Waals surface area contributed by atoms with E-state index in [1.807, 2.05) is 31.5 Å². The molecule has 1 heterocycles. The molecule has 0 fully saturated rings. The van der Waals surface area contributed by atoms with Crippen molar-refractivity contribution in [2.45, 2.75) is 52.2 Å². The number of carbonyl (C=O) groups excluding carboxylic acids is 1. The van der Waals surface area contributed by atoms with E-state index >= 15 is 0 Å². The van der Waals surface area contributed by atoms with E-state index < -0.39 is 5.60 Å². The molecule has 146 valence electrons. The first kappa shape index (κ1) is 20.5. The lowest BCUT2D eigenvalue weighted by Gasteiger charge is -2.19. The maximum atomic E-state index is 12.9. The monoisotopic (exact) mass is 375 g/mol. The second kappa shape index (κ2) is 9.80. The van der Waals surface area contributed by atoms with Crippen LogP contribution in [0.15, 0.2) is 46.9 Å². The molecule has 0 unspecified atom stereocenters. The molecule has 0 saturated heterocycles. The summed E-state index contributed by atoms with van der Waals surface area (Å²) in [5, 5.41) is 10.9. The molecular formula is C19H26FN5O2. The number of nitrogens with zero attached hydrogens (tertiary/aromatic N) is 4. The van der Waals surface area contributed by atoms with Gasteiger partial charge in [0.25, 0.3) is 0 Å². The number of alkyl carbamates (subject to hydrolysis) is 1. The maximum absolute atomic E-state index is 12.9. The lowest BCUT2D eigenvalue weighted by atomic mass is 10.2. The summed E-state index contributed by atoms with van der Waals surface area (Å²) in [6.45, 7) is 6.84. The molecule has 0 spiro atoms. The summed E-state index contributed by atoms with van der Waals surface area (Å²) in [5.74, 6) is 0.197. The minimum Gasteiger partial charge on any atom is -0.444 e. The van der Waals surface area contributed by atoms with Gasteiger partial charge in [0, 0.05) is 25.5 Å². The Morgan fingerprint density at radius 1 is 1.19 bits per heavy atom. The van der Waals surface area contributed by atoms with Crippen LogP contribution in [0.2, 0.25) is 0 Å². The Kier molecular flexibility index (Phi) is 7.45. The summed E-state index contributed by atoms with van der Waals surface area (Å²) in [4.78, 5) is 15.7. The van der Waals surface area contributed by atoms with Crippen molar-refractivity contribution in [2.24, 2.45) is 10.2 Å². The summed E-state index contributed by atoms with van der Waals surface area (Å²) in [6.07, 6.45) is 5.86. The van der Waals surface area contributed by atoms with Gasteiger partial charge in [-0.1, -0.05) is 0 Å². The van der Waals surface area contributed by atoms with Crippen molar-refractivity contribution in [2.75, 3.05) is 6.54 Å². The zero-order valence-corrected chi connectivity index (χ0v) is 16.0. The number of hydrogen-bond donors (Lipinski definition) is 1. The molecule has 0 aliphatic rings. The van der Waals surface area contributed by atoms with Crippen LogP contribution in [-0.4, -0.2) is 27.8 Å². The zero-order valence-electron chi connectivity index (χ0n) is 16.0. The highest BCUT2D eigenvalue weighted by molar-refractivity contribution is 5.67. The Hall–Kier alpha value is -2.77. The van der Waals surface area contributed by atoms with E-state index in [0.717, 1.165) is 25.8 Å². The first-order chi connectivity index (χ1) is 12.8. The number of unbranched alkanes of at least 4 members (excludes halogenated alkanes) is 2. The van der Waals surface area contributed by atoms with Gasteiger partial charge < -0.3 is 14.6 Å². The highest BCUT2D eigenvalue weighted by Crippen LogP contribution is 2.17. The molecule has 1 aromatic heterocycles. The van der Waals surface area contributed by atoms with Crippen LogP contribution in [0.25, 0.3) is 0 Å². The van der Waals surface area contributed by atoms with Crippen molar-refractivity contribution in [1.82, 2.24) is 14.9 Å². The summed E-state index contributed by atoms with van der Waals surface area (Å²) in [5.41, 5.74) is 0.0869. The third-order valence-electron chi connectivity index (χ3n) is 3.52. The van der Waals surface area contributed by atoms with Gasteiger partial charge in [0.05, 0.1) is 5.69 Å². The van der Waals surface area contributed by atoms with Crippen LogP contribution in [0.1, 0.15) is 40.0 Å². The fraction of sp³-hybridized carbons (Fsp3) is 0.474. The summed E-state index contributed by atoms with van der Waals surface area (Å²) >= 11 is 0. The van der Waals surface area contributed by atoms with Crippen LogP contribution >= 0.6 is 0 Å². The van der Waals surface area contributed by atoms with Gasteiger partial charge in [-0.15, -0.1) is 10.2 Å². The fourth-order valence-corrected chi connectivity index (χ4v) is 2.28. The molecule has 0 aliphatic carbocycles. The van der Waals surface area contributed by atoms with E-state index in [-0.39, 0.29) is 11.9 Å². The van der Waals surface area contributed by atoms with Crippen LogP contribution in [0.5, 0.6) is 0 Å². The first-order valence-electron chi connectivity index (χ1n) is 8.99. The average Bonchev–Trinajstić information content (AvgIpc) is 3.03. The number of aromatic nitrogens is 2. The Morgan fingerprint density at radius 2 is 1.93 bits per heavy atom. The second-order valence-electron chi connectivity index (χ2n) is 7.09. The Morgan fingerprint density at radius 3 is 2.63 bits per heavy atom. The lowest BCUT2D eigenvalue weighted by Crippen LogP contribution is -2.33. The lowest BCUT2D eigenvalue weighted by molar-refractivity contribution is 0.0527. The number of hydrogen-bond acceptors (Lipinski definition) is 5. The molecule has 0 radical (unpaired) electrons. The molecular weight excluding hydrogens is 349 g/mol. The van der Waals surface area contributed by atoms with Crippen molar-refractivity contribution >= 4 is 17.7 Å². The minimum atomic E-state index is -0.482. The molecule has 7 nitrogen and oxygen atoms in total. The first-order valence-corrected chi connectivity index (χ1v) is 8.99. The number of benzene rings is 1. The predicted molar refractivity (Wildman–Crippen MR) is 101 cm³/mol. The largest absolute Gasteiger partial charge is 0.444 e. The zero-order chi connectivity index (χ0) is 19.7. The summed E-state index contributed by atoms with van der Waals surface area (Å²) in [6, 6.07) is 5.80. The molecule has 1 N–H and O–H groups in total. The van der Waals surface area contributed by atoms with E-state index in [0.29, 0.717) is 18.2 Å². The van der Waals surface area contributed by atoms with Crippen molar-refractivity contribution < 1.29 is 13.9 Å². The van der Waals surface area contributed by atoms with E-state index in [1.54, 1.807) is 18.3 Å². The number of carbonyl (C=O) groups is 1. The van der Waals surface area contributed by atoms with Crippen LogP contribution in [-0.2, 0) is 11.3 Å². The molecule has 0 atom stereocenters. The van der Waals surface area contributed by atoms with Gasteiger partial charge in [0.1, 0.15) is 11.4 Å². The number of ether oxygens (including phenoxy) is 1. The van der Waals surface area contributed by atoms with Crippen LogP contribution in [0, 0.1) is 5.82 Å². The molecule has 0 aliphatic heterocycles. The average molecular weight is 375 g/mol. The second-order valence-corrected chi connectivity index (χ2v) is 7.09. The number of azo groups is 1. The smallest absolute Gasteiger partial charge is 0.407 e. The van der Waals surface area contributed by atoms with Crippen LogP contribution < -0.4 is 5.32 Å². The quantitative estimate of drug-likeness (QED) is 0.513. The van der Waals surface area contributed by atoms with Gasteiger partial charge >= 0.3 is 6.09 Å². The van der Waals surface area contributed by atoms with E-state index in [9.17, 15) is 9.18 Å². The number of halogens is 1. The van der Waals surface area contributed by atoms with Crippen LogP contribution in [0.3, 0.4) is 0 Å². The highest BCUT2D eigenvalue weighted by atomic mass is 19.1. The Labute approximate surface area is 158 Å². The molecule has 2 rings (SSSR count). The minimum absolute atomic E-state index is 0.309. The Balaban J connectivity index is 1.69. The third kappa shape index (κ3) is 7.98. The molecule has 8 heteroatoms. The Bertz CT molecular complexity index is 750. The van der Waals surface area contributed by atoms with Gasteiger partial charge in [-0.3, -0.25) is 0 Å². The van der Waals surface area contributed by atoms with E-state index in [2.05, 4.69) is 20.5 Å². The summed E-state index contributed by atoms with van der Waals surface area (Å²) in [7, 11) is 0.